The van der Waals surface area contributed by atoms with E-state index >= 15 is 0 Å². The molecule has 188 valence electrons. The summed E-state index contributed by atoms with van der Waals surface area (Å²) in [5, 5.41) is 24.3. The summed E-state index contributed by atoms with van der Waals surface area (Å²) in [6, 6.07) is 3.78. The molecule has 0 amide bonds. The van der Waals surface area contributed by atoms with Gasteiger partial charge < -0.3 is 14.8 Å². The van der Waals surface area contributed by atoms with Crippen molar-refractivity contribution in [2.45, 2.75) is 65.0 Å². The van der Waals surface area contributed by atoms with Crippen molar-refractivity contribution in [2.75, 3.05) is 19.0 Å². The molecule has 0 bridgehead atoms. The van der Waals surface area contributed by atoms with Gasteiger partial charge in [-0.15, -0.1) is 10.2 Å². The maximum atomic E-state index is 11.9. The van der Waals surface area contributed by atoms with Gasteiger partial charge in [0.25, 0.3) is 5.95 Å². The second kappa shape index (κ2) is 11.2. The Bertz CT molecular complexity index is 1140. The smallest absolute Gasteiger partial charge is 0.308 e. The van der Waals surface area contributed by atoms with Crippen LogP contribution in [0.4, 0.5) is 5.95 Å². The van der Waals surface area contributed by atoms with Gasteiger partial charge in [-0.25, -0.2) is 9.67 Å². The Hall–Kier alpha value is -3.57. The molecule has 3 heterocycles. The highest BCUT2D eigenvalue weighted by molar-refractivity contribution is 5.72. The van der Waals surface area contributed by atoms with Crippen LogP contribution in [0.2, 0.25) is 0 Å². The quantitative estimate of drug-likeness (QED) is 0.338. The number of aryl methyl sites for hydroxylation is 2. The van der Waals surface area contributed by atoms with Crippen LogP contribution in [0.3, 0.4) is 0 Å². The number of pyridine rings is 1. The molecule has 3 aromatic heterocycles. The first-order valence-electron chi connectivity index (χ1n) is 12.1. The summed E-state index contributed by atoms with van der Waals surface area (Å²) in [6.07, 6.45) is 5.44. The zero-order valence-corrected chi connectivity index (χ0v) is 20.8. The average Bonchev–Trinajstić information content (AvgIpc) is 3.47. The van der Waals surface area contributed by atoms with E-state index in [4.69, 9.17) is 14.5 Å². The molecule has 1 aliphatic rings. The van der Waals surface area contributed by atoms with Gasteiger partial charge in [0.1, 0.15) is 18.0 Å². The summed E-state index contributed by atoms with van der Waals surface area (Å²) in [5.41, 5.74) is 2.91. The van der Waals surface area contributed by atoms with E-state index in [1.807, 2.05) is 26.1 Å². The lowest BCUT2D eigenvalue weighted by Crippen LogP contribution is -2.30. The zero-order chi connectivity index (χ0) is 24.8. The molecule has 0 unspecified atom stereocenters. The Morgan fingerprint density at radius 3 is 2.86 bits per heavy atom. The number of hydrogen-bond donors (Lipinski definition) is 1. The number of rotatable bonds is 10. The maximum Gasteiger partial charge on any atom is 0.308 e. The number of nitrogens with one attached hydrogen (secondary N) is 1. The molecule has 12 heteroatoms. The van der Waals surface area contributed by atoms with Crippen LogP contribution in [0.1, 0.15) is 56.8 Å². The molecular weight excluding hydrogens is 450 g/mol. The van der Waals surface area contributed by atoms with Gasteiger partial charge in [-0.1, -0.05) is 23.7 Å². The molecule has 3 aromatic rings. The number of unbranched alkanes of at least 4 members (excludes halogenated alkanes) is 1. The first-order valence-corrected chi connectivity index (χ1v) is 12.1. The molecule has 12 nitrogen and oxygen atoms in total. The van der Waals surface area contributed by atoms with Gasteiger partial charge in [0, 0.05) is 13.6 Å². The number of carbonyl (C=O) groups excluding carboxylic acids is 1. The number of ether oxygens (including phenoxy) is 2. The first kappa shape index (κ1) is 24.6. The van der Waals surface area contributed by atoms with Crippen LogP contribution in [-0.2, 0) is 23.1 Å². The maximum absolute atomic E-state index is 11.9. The Morgan fingerprint density at radius 1 is 1.23 bits per heavy atom. The number of methoxy groups -OCH3 is 1. The van der Waals surface area contributed by atoms with E-state index < -0.39 is 0 Å². The predicted molar refractivity (Wildman–Crippen MR) is 128 cm³/mol. The predicted octanol–water partition coefficient (Wildman–Crippen LogP) is 2.54. The van der Waals surface area contributed by atoms with Crippen LogP contribution in [0.25, 0.3) is 11.4 Å². The van der Waals surface area contributed by atoms with E-state index in [0.29, 0.717) is 36.1 Å². The highest BCUT2D eigenvalue weighted by Gasteiger charge is 2.29. The Labute approximate surface area is 204 Å². The van der Waals surface area contributed by atoms with Crippen LogP contribution in [0.15, 0.2) is 12.1 Å². The van der Waals surface area contributed by atoms with Crippen molar-refractivity contribution in [3.63, 3.8) is 0 Å². The van der Waals surface area contributed by atoms with Crippen LogP contribution in [-0.4, -0.2) is 65.9 Å². The van der Waals surface area contributed by atoms with Gasteiger partial charge in [-0.2, -0.15) is 4.80 Å². The van der Waals surface area contributed by atoms with Crippen LogP contribution in [0, 0.1) is 12.8 Å². The van der Waals surface area contributed by atoms with E-state index in [1.165, 1.54) is 11.9 Å². The normalized spacial score (nSPS) is 17.8. The number of nitrogens with zero attached hydrogens (tertiary/aromatic N) is 8. The Morgan fingerprint density at radius 2 is 2.09 bits per heavy atom. The minimum Gasteiger partial charge on any atom is -0.489 e. The van der Waals surface area contributed by atoms with Crippen molar-refractivity contribution < 1.29 is 14.3 Å². The fourth-order valence-corrected chi connectivity index (χ4v) is 4.26. The van der Waals surface area contributed by atoms with Gasteiger partial charge in [-0.3, -0.25) is 4.79 Å². The molecule has 0 aromatic carbocycles. The minimum absolute atomic E-state index is 0.0372. The second-order valence-electron chi connectivity index (χ2n) is 8.84. The third-order valence-corrected chi connectivity index (χ3v) is 6.23. The lowest BCUT2D eigenvalue weighted by molar-refractivity contribution is -0.147. The Balaban J connectivity index is 1.46. The highest BCUT2D eigenvalue weighted by Crippen LogP contribution is 2.31. The summed E-state index contributed by atoms with van der Waals surface area (Å²) in [7, 11) is 3.26. The lowest BCUT2D eigenvalue weighted by atomic mass is 9.87. The van der Waals surface area contributed by atoms with Crippen LogP contribution < -0.4 is 10.1 Å². The summed E-state index contributed by atoms with van der Waals surface area (Å²) in [6.45, 7) is 5.20. The number of aromatic nitrogens is 8. The lowest BCUT2D eigenvalue weighted by Gasteiger charge is -2.28. The molecule has 1 aliphatic carbocycles. The molecule has 1 saturated carbocycles. The van der Waals surface area contributed by atoms with Crippen molar-refractivity contribution in [1.82, 2.24) is 40.2 Å². The van der Waals surface area contributed by atoms with Gasteiger partial charge in [-0.05, 0) is 56.4 Å². The van der Waals surface area contributed by atoms with Gasteiger partial charge in [0.2, 0.25) is 0 Å². The standard InChI is InChI=1S/C23H33N9O3/c1-5-6-12-24-23-27-30-32(28-23)14-19-21(26-29-31(19)3)18-10-11-20(15(2)25-18)35-17-9-7-8-16(13-17)22(33)34-4/h10-11,16-17H,5-9,12-14H2,1-4H3,(H,24,28)/t16-,17-/m0/s1. The molecule has 4 rings (SSSR count). The minimum atomic E-state index is -0.163. The van der Waals surface area contributed by atoms with Crippen LogP contribution >= 0.6 is 0 Å². The van der Waals surface area contributed by atoms with Crippen LogP contribution in [0.5, 0.6) is 5.75 Å². The van der Waals surface area contributed by atoms with E-state index in [0.717, 1.165) is 50.0 Å². The number of tetrazole rings is 1. The second-order valence-corrected chi connectivity index (χ2v) is 8.84. The number of hydrogen-bond acceptors (Lipinski definition) is 10. The number of carbonyl (C=O) groups is 1. The first-order chi connectivity index (χ1) is 17.0. The fourth-order valence-electron chi connectivity index (χ4n) is 4.26. The van der Waals surface area contributed by atoms with Crippen molar-refractivity contribution >= 4 is 11.9 Å². The van der Waals surface area contributed by atoms with Crippen molar-refractivity contribution in [3.05, 3.63) is 23.5 Å². The molecule has 0 radical (unpaired) electrons. The summed E-state index contributed by atoms with van der Waals surface area (Å²) in [5.74, 6) is 0.934. The molecule has 0 aliphatic heterocycles. The molecule has 2 atom stereocenters. The van der Waals surface area contributed by atoms with E-state index in [9.17, 15) is 4.79 Å². The zero-order valence-electron chi connectivity index (χ0n) is 20.8. The summed E-state index contributed by atoms with van der Waals surface area (Å²) in [4.78, 5) is 18.2. The third-order valence-electron chi connectivity index (χ3n) is 6.23. The summed E-state index contributed by atoms with van der Waals surface area (Å²) < 4.78 is 12.8. The summed E-state index contributed by atoms with van der Waals surface area (Å²) >= 11 is 0. The molecular formula is C23H33N9O3. The van der Waals surface area contributed by atoms with Crippen molar-refractivity contribution in [3.8, 4) is 17.1 Å². The molecule has 0 saturated heterocycles. The van der Waals surface area contributed by atoms with E-state index in [1.54, 1.807) is 4.68 Å². The molecule has 1 fully saturated rings. The molecule has 1 N–H and O–H groups in total. The monoisotopic (exact) mass is 483 g/mol. The van der Waals surface area contributed by atoms with Gasteiger partial charge in [0.15, 0.2) is 0 Å². The van der Waals surface area contributed by atoms with E-state index in [-0.39, 0.29) is 18.0 Å². The van der Waals surface area contributed by atoms with E-state index in [2.05, 4.69) is 38.0 Å². The van der Waals surface area contributed by atoms with Crippen molar-refractivity contribution in [2.24, 2.45) is 13.0 Å². The third kappa shape index (κ3) is 5.92. The molecule has 0 spiro atoms. The number of anilines is 1. The fraction of sp³-hybridized carbons (Fsp3) is 0.609. The average molecular weight is 484 g/mol. The number of esters is 1. The highest BCUT2D eigenvalue weighted by atomic mass is 16.5. The SMILES string of the molecule is CCCCNc1nnn(Cc2c(-c3ccc(O[C@H]4CCC[C@H](C(=O)OC)C4)c(C)n3)nnn2C)n1. The topological polar surface area (TPSA) is 135 Å². The van der Waals surface area contributed by atoms with Gasteiger partial charge in [0.05, 0.1) is 36.2 Å². The van der Waals surface area contributed by atoms with Gasteiger partial charge >= 0.3 is 5.97 Å². The van der Waals surface area contributed by atoms with Crippen molar-refractivity contribution in [1.29, 1.82) is 0 Å². The Kier molecular flexibility index (Phi) is 7.88. The molecule has 35 heavy (non-hydrogen) atoms. The largest absolute Gasteiger partial charge is 0.489 e.